The highest BCUT2D eigenvalue weighted by molar-refractivity contribution is 9.10. The fraction of sp³-hybridized carbons (Fsp3) is 0.188. The Kier molecular flexibility index (Phi) is 5.71. The second-order valence-corrected chi connectivity index (χ2v) is 6.68. The van der Waals surface area contributed by atoms with E-state index in [-0.39, 0.29) is 0 Å². The highest BCUT2D eigenvalue weighted by atomic mass is 79.9. The fourth-order valence-electron chi connectivity index (χ4n) is 2.07. The number of para-hydroxylation sites is 2. The Morgan fingerprint density at radius 2 is 2.04 bits per heavy atom. The summed E-state index contributed by atoms with van der Waals surface area (Å²) in [6, 6.07) is 15.4. The zero-order chi connectivity index (χ0) is 16.8. The Hall–Kier alpha value is -2.06. The molecule has 6 nitrogen and oxygen atoms in total. The molecule has 0 spiro atoms. The van der Waals surface area contributed by atoms with Crippen LogP contribution in [0.15, 0.2) is 58.2 Å². The van der Waals surface area contributed by atoms with Gasteiger partial charge in [-0.1, -0.05) is 45.9 Å². The molecule has 3 rings (SSSR count). The Bertz CT molecular complexity index is 812. The van der Waals surface area contributed by atoms with E-state index in [2.05, 4.69) is 31.5 Å². The summed E-state index contributed by atoms with van der Waals surface area (Å²) in [4.78, 5) is 0. The molecule has 0 unspecified atom stereocenters. The number of halogens is 1. The number of hydrogen-bond donors (Lipinski definition) is 0. The molecule has 0 N–H and O–H groups in total. The van der Waals surface area contributed by atoms with Crippen LogP contribution in [-0.4, -0.2) is 39.7 Å². The van der Waals surface area contributed by atoms with Crippen LogP contribution < -0.4 is 9.47 Å². The Labute approximate surface area is 152 Å². The van der Waals surface area contributed by atoms with Crippen LogP contribution in [0.2, 0.25) is 0 Å². The van der Waals surface area contributed by atoms with Gasteiger partial charge in [0.15, 0.2) is 0 Å². The van der Waals surface area contributed by atoms with Gasteiger partial charge < -0.3 is 9.47 Å². The number of aromatic nitrogens is 4. The molecule has 0 aliphatic carbocycles. The molecule has 2 aromatic carbocycles. The summed E-state index contributed by atoms with van der Waals surface area (Å²) >= 11 is 4.95. The van der Waals surface area contributed by atoms with Crippen molar-refractivity contribution < 1.29 is 9.47 Å². The van der Waals surface area contributed by atoms with Gasteiger partial charge in [-0.15, -0.1) is 5.10 Å². The van der Waals surface area contributed by atoms with Crippen LogP contribution in [-0.2, 0) is 0 Å². The molecule has 0 saturated heterocycles. The molecular formula is C16H15BrN4O2S. The lowest BCUT2D eigenvalue weighted by Crippen LogP contribution is -2.04. The second-order valence-electron chi connectivity index (χ2n) is 4.70. The van der Waals surface area contributed by atoms with Gasteiger partial charge in [0.25, 0.3) is 0 Å². The minimum Gasteiger partial charge on any atom is -0.494 e. The maximum atomic E-state index is 5.72. The van der Waals surface area contributed by atoms with Crippen molar-refractivity contribution in [3.05, 3.63) is 53.0 Å². The first kappa shape index (κ1) is 16.8. The number of hydrogen-bond acceptors (Lipinski definition) is 6. The van der Waals surface area contributed by atoms with E-state index in [0.29, 0.717) is 11.8 Å². The maximum Gasteiger partial charge on any atom is 0.214 e. The lowest BCUT2D eigenvalue weighted by atomic mass is 10.3. The first-order valence-electron chi connectivity index (χ1n) is 7.21. The van der Waals surface area contributed by atoms with Gasteiger partial charge in [0.2, 0.25) is 5.16 Å². The van der Waals surface area contributed by atoms with Crippen LogP contribution in [0.5, 0.6) is 11.5 Å². The van der Waals surface area contributed by atoms with E-state index in [0.717, 1.165) is 27.4 Å². The van der Waals surface area contributed by atoms with Gasteiger partial charge in [-0.05, 0) is 40.8 Å². The van der Waals surface area contributed by atoms with Gasteiger partial charge in [0.1, 0.15) is 17.2 Å². The first-order valence-corrected chi connectivity index (χ1v) is 8.99. The monoisotopic (exact) mass is 406 g/mol. The van der Waals surface area contributed by atoms with Crippen molar-refractivity contribution in [1.29, 1.82) is 0 Å². The van der Waals surface area contributed by atoms with Crippen LogP contribution in [0.4, 0.5) is 0 Å². The Balaban J connectivity index is 1.62. The van der Waals surface area contributed by atoms with Crippen molar-refractivity contribution in [2.24, 2.45) is 0 Å². The third kappa shape index (κ3) is 4.07. The van der Waals surface area contributed by atoms with E-state index in [4.69, 9.17) is 9.47 Å². The Morgan fingerprint density at radius 1 is 1.17 bits per heavy atom. The molecule has 3 aromatic rings. The zero-order valence-electron chi connectivity index (χ0n) is 12.9. The zero-order valence-corrected chi connectivity index (χ0v) is 15.3. The highest BCUT2D eigenvalue weighted by Gasteiger charge is 2.12. The number of methoxy groups -OCH3 is 1. The number of ether oxygens (including phenoxy) is 2. The van der Waals surface area contributed by atoms with E-state index in [1.54, 1.807) is 11.8 Å². The molecule has 1 heterocycles. The molecule has 0 aliphatic rings. The van der Waals surface area contributed by atoms with Crippen LogP contribution in [0.1, 0.15) is 0 Å². The van der Waals surface area contributed by atoms with E-state index in [1.807, 2.05) is 48.5 Å². The van der Waals surface area contributed by atoms with Gasteiger partial charge in [-0.2, -0.15) is 4.68 Å². The third-order valence-corrected chi connectivity index (χ3v) is 4.51. The van der Waals surface area contributed by atoms with Crippen molar-refractivity contribution in [3.8, 4) is 17.2 Å². The van der Waals surface area contributed by atoms with Crippen LogP contribution >= 0.6 is 27.7 Å². The van der Waals surface area contributed by atoms with E-state index in [1.165, 1.54) is 11.8 Å². The number of benzene rings is 2. The molecule has 0 aliphatic heterocycles. The molecule has 124 valence electrons. The summed E-state index contributed by atoms with van der Waals surface area (Å²) in [5, 5.41) is 12.6. The number of thioether (sulfide) groups is 1. The summed E-state index contributed by atoms with van der Waals surface area (Å²) in [5.41, 5.74) is 0.806. The average molecular weight is 407 g/mol. The second kappa shape index (κ2) is 8.16. The average Bonchev–Trinajstić information content (AvgIpc) is 3.07. The molecule has 0 atom stereocenters. The smallest absolute Gasteiger partial charge is 0.214 e. The summed E-state index contributed by atoms with van der Waals surface area (Å²) in [7, 11) is 1.63. The van der Waals surface area contributed by atoms with Crippen LogP contribution in [0.3, 0.4) is 0 Å². The predicted octanol–water partition coefficient (Wildman–Crippen LogP) is 3.60. The molecule has 8 heteroatoms. The van der Waals surface area contributed by atoms with Crippen molar-refractivity contribution in [1.82, 2.24) is 20.2 Å². The van der Waals surface area contributed by atoms with Gasteiger partial charge in [0, 0.05) is 10.2 Å². The number of tetrazole rings is 1. The normalized spacial score (nSPS) is 10.6. The molecule has 0 radical (unpaired) electrons. The molecule has 1 aromatic heterocycles. The van der Waals surface area contributed by atoms with Crippen molar-refractivity contribution >= 4 is 27.7 Å². The minimum absolute atomic E-state index is 0.555. The lowest BCUT2D eigenvalue weighted by molar-refractivity contribution is 0.343. The summed E-state index contributed by atoms with van der Waals surface area (Å²) in [5.74, 6) is 2.27. The fourth-order valence-corrected chi connectivity index (χ4v) is 3.15. The molecule has 0 fully saturated rings. The van der Waals surface area contributed by atoms with Gasteiger partial charge in [-0.25, -0.2) is 0 Å². The van der Waals surface area contributed by atoms with E-state index >= 15 is 0 Å². The van der Waals surface area contributed by atoms with Gasteiger partial charge in [-0.3, -0.25) is 0 Å². The largest absolute Gasteiger partial charge is 0.494 e. The lowest BCUT2D eigenvalue weighted by Gasteiger charge is -2.09. The van der Waals surface area contributed by atoms with E-state index in [9.17, 15) is 0 Å². The standard InChI is InChI=1S/C16H15BrN4O2S/c1-22-15-8-3-2-7-14(15)21-16(18-19-20-21)24-10-9-23-13-6-4-5-12(17)11-13/h2-8,11H,9-10H2,1H3. The van der Waals surface area contributed by atoms with Gasteiger partial charge >= 0.3 is 0 Å². The van der Waals surface area contributed by atoms with Crippen molar-refractivity contribution in [2.45, 2.75) is 5.16 Å². The quantitative estimate of drug-likeness (QED) is 0.441. The van der Waals surface area contributed by atoms with E-state index < -0.39 is 0 Å². The van der Waals surface area contributed by atoms with Crippen LogP contribution in [0, 0.1) is 0 Å². The van der Waals surface area contributed by atoms with Gasteiger partial charge in [0.05, 0.1) is 13.7 Å². The molecule has 0 bridgehead atoms. The third-order valence-electron chi connectivity index (χ3n) is 3.13. The summed E-state index contributed by atoms with van der Waals surface area (Å²) in [6.07, 6.45) is 0. The summed E-state index contributed by atoms with van der Waals surface area (Å²) in [6.45, 7) is 0.555. The predicted molar refractivity (Wildman–Crippen MR) is 96.1 cm³/mol. The van der Waals surface area contributed by atoms with Crippen LogP contribution in [0.25, 0.3) is 5.69 Å². The summed E-state index contributed by atoms with van der Waals surface area (Å²) < 4.78 is 13.7. The number of nitrogens with zero attached hydrogens (tertiary/aromatic N) is 4. The molecule has 24 heavy (non-hydrogen) atoms. The minimum atomic E-state index is 0.555. The van der Waals surface area contributed by atoms with Crippen molar-refractivity contribution in [3.63, 3.8) is 0 Å². The molecular weight excluding hydrogens is 392 g/mol. The maximum absolute atomic E-state index is 5.72. The topological polar surface area (TPSA) is 62.1 Å². The molecule has 0 saturated carbocycles. The first-order chi connectivity index (χ1) is 11.8. The highest BCUT2D eigenvalue weighted by Crippen LogP contribution is 2.25. The molecule has 0 amide bonds. The number of rotatable bonds is 7. The SMILES string of the molecule is COc1ccccc1-n1nnnc1SCCOc1cccc(Br)c1. The van der Waals surface area contributed by atoms with Crippen molar-refractivity contribution in [2.75, 3.05) is 19.5 Å². The Morgan fingerprint density at radius 3 is 2.88 bits per heavy atom.